The number of carbonyl (C=O) groups excluding carboxylic acids is 1. The molecule has 2 rings (SSSR count). The molecule has 0 bridgehead atoms. The molecule has 0 saturated heterocycles. The molecule has 10 heteroatoms. The number of unbranched alkanes of at least 4 members (excludes halogenated alkanes) is 13. The van der Waals surface area contributed by atoms with Gasteiger partial charge in [-0.25, -0.2) is 17.9 Å². The monoisotopic (exact) mass is 706 g/mol. The minimum atomic E-state index is -3.79. The molecule has 0 amide bonds. The second kappa shape index (κ2) is 25.3. The van der Waals surface area contributed by atoms with Crippen molar-refractivity contribution in [1.29, 1.82) is 0 Å². The number of hydrogen-bond acceptors (Lipinski definition) is 7. The summed E-state index contributed by atoms with van der Waals surface area (Å²) in [4.78, 5) is 11.9. The molecule has 0 saturated carbocycles. The molecule has 0 fully saturated rings. The molecule has 8 nitrogen and oxygen atoms in total. The second-order valence-electron chi connectivity index (χ2n) is 12.1. The van der Waals surface area contributed by atoms with E-state index in [0.29, 0.717) is 19.4 Å². The zero-order chi connectivity index (χ0) is 34.9. The average Bonchev–Trinajstić information content (AvgIpc) is 3.06. The van der Waals surface area contributed by atoms with Crippen LogP contribution in [0.25, 0.3) is 0 Å². The normalized spacial score (nSPS) is 11.8. The number of rotatable bonds is 28. The fourth-order valence-corrected chi connectivity index (χ4v) is 6.57. The summed E-state index contributed by atoms with van der Waals surface area (Å²) in [6.07, 6.45) is 21.2. The van der Waals surface area contributed by atoms with Crippen LogP contribution < -0.4 is 14.8 Å². The van der Waals surface area contributed by atoms with E-state index < -0.39 is 16.0 Å². The topological polar surface area (TPSA) is 103 Å². The van der Waals surface area contributed by atoms with E-state index in [-0.39, 0.29) is 41.2 Å². The number of sulfonamides is 1. The summed E-state index contributed by atoms with van der Waals surface area (Å²) >= 11 is 6.29. The number of ether oxygens (including phenoxy) is 3. The van der Waals surface area contributed by atoms with Gasteiger partial charge in [-0.05, 0) is 75.4 Å². The summed E-state index contributed by atoms with van der Waals surface area (Å²) in [5.74, 6) is 0.370. The van der Waals surface area contributed by atoms with E-state index in [1.807, 2.05) is 12.1 Å². The van der Waals surface area contributed by atoms with E-state index in [1.165, 1.54) is 107 Å². The van der Waals surface area contributed by atoms with Crippen LogP contribution in [0.5, 0.6) is 5.75 Å². The van der Waals surface area contributed by atoms with Crippen molar-refractivity contribution in [1.82, 2.24) is 4.72 Å². The Kier molecular flexibility index (Phi) is 21.8. The highest BCUT2D eigenvalue weighted by Crippen LogP contribution is 2.27. The molecule has 0 unspecified atom stereocenters. The number of halogens is 1. The van der Waals surface area contributed by atoms with Crippen LogP contribution in [0, 0.1) is 0 Å². The third-order valence-corrected chi connectivity index (χ3v) is 9.73. The smallest absolute Gasteiger partial charge is 0.336 e. The third kappa shape index (κ3) is 18.1. The van der Waals surface area contributed by atoms with Gasteiger partial charge >= 0.3 is 5.97 Å². The van der Waals surface area contributed by atoms with E-state index in [2.05, 4.69) is 29.1 Å². The molecule has 0 heterocycles. The number of aryl methyl sites for hydroxylation is 1. The number of esters is 1. The first-order valence-electron chi connectivity index (χ1n) is 18.1. The number of hydrogen-bond donors (Lipinski definition) is 2. The van der Waals surface area contributed by atoms with Crippen molar-refractivity contribution in [3.8, 4) is 5.75 Å². The van der Waals surface area contributed by atoms with E-state index in [4.69, 9.17) is 25.8 Å². The minimum Gasteiger partial charge on any atom is -0.494 e. The lowest BCUT2D eigenvalue weighted by molar-refractivity contribution is -0.137. The first kappa shape index (κ1) is 41.4. The standard InChI is InChI=1S/C38H59ClN2O6S/c1-4-7-8-9-10-11-12-13-14-15-16-17-18-22-32-23-21-24-33(29-32)47-28-20-19-27-40-48(43,44)34-25-26-35(39)36(30-34)41-37(45-5-2)31-38(42)46-6-3/h21,23-26,29-31,40-41H,4-20,22,27-28H2,1-3H3. The van der Waals surface area contributed by atoms with Gasteiger partial charge in [-0.2, -0.15) is 0 Å². The van der Waals surface area contributed by atoms with Crippen molar-refractivity contribution in [3.63, 3.8) is 0 Å². The highest BCUT2D eigenvalue weighted by Gasteiger charge is 2.16. The Morgan fingerprint density at radius 2 is 1.42 bits per heavy atom. The molecule has 0 atom stereocenters. The molecule has 0 aliphatic heterocycles. The number of anilines is 1. The minimum absolute atomic E-state index is 0.0398. The Morgan fingerprint density at radius 3 is 2.06 bits per heavy atom. The summed E-state index contributed by atoms with van der Waals surface area (Å²) in [6, 6.07) is 12.6. The third-order valence-electron chi connectivity index (χ3n) is 7.94. The van der Waals surface area contributed by atoms with Crippen LogP contribution in [0.2, 0.25) is 5.02 Å². The van der Waals surface area contributed by atoms with Crippen molar-refractivity contribution in [3.05, 3.63) is 65.0 Å². The van der Waals surface area contributed by atoms with E-state index in [0.717, 1.165) is 18.2 Å². The van der Waals surface area contributed by atoms with Gasteiger partial charge in [0.2, 0.25) is 10.0 Å². The molecule has 2 aromatic carbocycles. The van der Waals surface area contributed by atoms with E-state index in [9.17, 15) is 13.2 Å². The Bertz CT molecular complexity index is 1320. The van der Waals surface area contributed by atoms with Crippen LogP contribution in [-0.4, -0.2) is 40.8 Å². The van der Waals surface area contributed by atoms with Gasteiger partial charge in [0.1, 0.15) is 5.75 Å². The molecule has 2 N–H and O–H groups in total. The maximum Gasteiger partial charge on any atom is 0.336 e. The van der Waals surface area contributed by atoms with Crippen LogP contribution in [0.4, 0.5) is 5.69 Å². The quantitative estimate of drug-likeness (QED) is 0.0393. The predicted octanol–water partition coefficient (Wildman–Crippen LogP) is 9.96. The second-order valence-corrected chi connectivity index (χ2v) is 14.2. The summed E-state index contributed by atoms with van der Waals surface area (Å²) < 4.78 is 44.9. The summed E-state index contributed by atoms with van der Waals surface area (Å²) in [6.45, 7) is 7.00. The van der Waals surface area contributed by atoms with Gasteiger partial charge < -0.3 is 19.5 Å². The van der Waals surface area contributed by atoms with Gasteiger partial charge in [0.05, 0.1) is 41.5 Å². The van der Waals surface area contributed by atoms with Gasteiger partial charge in [-0.15, -0.1) is 0 Å². The van der Waals surface area contributed by atoms with Crippen LogP contribution in [-0.2, 0) is 30.7 Å². The van der Waals surface area contributed by atoms with Crippen molar-refractivity contribution in [2.75, 3.05) is 31.7 Å². The maximum absolute atomic E-state index is 13.0. The first-order valence-corrected chi connectivity index (χ1v) is 19.9. The Labute approximate surface area is 295 Å². The Morgan fingerprint density at radius 1 is 0.771 bits per heavy atom. The molecule has 48 heavy (non-hydrogen) atoms. The van der Waals surface area contributed by atoms with E-state index >= 15 is 0 Å². The van der Waals surface area contributed by atoms with Gasteiger partial charge in [-0.3, -0.25) is 0 Å². The SMILES string of the molecule is CCCCCCCCCCCCCCCc1cccc(OCCCCNS(=O)(=O)c2ccc(Cl)c(NC(=CC(=O)OCC)OCC)c2)c1. The van der Waals surface area contributed by atoms with Crippen LogP contribution >= 0.6 is 11.6 Å². The molecular weight excluding hydrogens is 648 g/mol. The summed E-state index contributed by atoms with van der Waals surface area (Å²) in [5, 5.41) is 3.16. The van der Waals surface area contributed by atoms with Crippen molar-refractivity contribution in [2.45, 2.75) is 128 Å². The molecule has 0 radical (unpaired) electrons. The largest absolute Gasteiger partial charge is 0.494 e. The molecule has 0 aliphatic rings. The number of carbonyl (C=O) groups is 1. The lowest BCUT2D eigenvalue weighted by Gasteiger charge is -2.14. The van der Waals surface area contributed by atoms with Crippen molar-refractivity contribution < 1.29 is 27.4 Å². The zero-order valence-electron chi connectivity index (χ0n) is 29.5. The van der Waals surface area contributed by atoms with E-state index in [1.54, 1.807) is 13.8 Å². The zero-order valence-corrected chi connectivity index (χ0v) is 31.1. The van der Waals surface area contributed by atoms with Gasteiger partial charge in [0.25, 0.3) is 0 Å². The lowest BCUT2D eigenvalue weighted by Crippen LogP contribution is -2.25. The molecule has 2 aromatic rings. The first-order chi connectivity index (χ1) is 23.3. The molecule has 0 spiro atoms. The highest BCUT2D eigenvalue weighted by molar-refractivity contribution is 7.89. The van der Waals surface area contributed by atoms with Gasteiger partial charge in [-0.1, -0.05) is 108 Å². The molecule has 0 aliphatic carbocycles. The van der Waals surface area contributed by atoms with Crippen LogP contribution in [0.1, 0.15) is 123 Å². The summed E-state index contributed by atoms with van der Waals surface area (Å²) in [5.41, 5.74) is 1.58. The fraction of sp³-hybridized carbons (Fsp3) is 0.605. The van der Waals surface area contributed by atoms with Crippen LogP contribution in [0.15, 0.2) is 59.3 Å². The molecular formula is C38H59ClN2O6S. The number of benzene rings is 2. The Hall–Kier alpha value is -2.75. The van der Waals surface area contributed by atoms with Crippen LogP contribution in [0.3, 0.4) is 0 Å². The van der Waals surface area contributed by atoms with Crippen molar-refractivity contribution in [2.24, 2.45) is 0 Å². The van der Waals surface area contributed by atoms with Gasteiger partial charge in [0, 0.05) is 6.54 Å². The molecule has 0 aromatic heterocycles. The average molecular weight is 707 g/mol. The summed E-state index contributed by atoms with van der Waals surface area (Å²) in [7, 11) is -3.79. The lowest BCUT2D eigenvalue weighted by atomic mass is 10.0. The van der Waals surface area contributed by atoms with Crippen molar-refractivity contribution >= 4 is 33.3 Å². The predicted molar refractivity (Wildman–Crippen MR) is 197 cm³/mol. The highest BCUT2D eigenvalue weighted by atomic mass is 35.5. The number of nitrogens with one attached hydrogen (secondary N) is 2. The molecule has 270 valence electrons. The Balaban J connectivity index is 1.66. The maximum atomic E-state index is 13.0. The van der Waals surface area contributed by atoms with Gasteiger partial charge in [0.15, 0.2) is 5.88 Å². The fourth-order valence-electron chi connectivity index (χ4n) is 5.30.